The highest BCUT2D eigenvalue weighted by molar-refractivity contribution is 6.10. The number of nitrogens with zero attached hydrogens (tertiary/aromatic N) is 2. The van der Waals surface area contributed by atoms with Gasteiger partial charge < -0.3 is 9.47 Å². The molecular weight excluding hydrogens is 713 g/mol. The van der Waals surface area contributed by atoms with Gasteiger partial charge >= 0.3 is 0 Å². The lowest BCUT2D eigenvalue weighted by Gasteiger charge is -2.34. The first-order valence-corrected chi connectivity index (χ1v) is 20.6. The van der Waals surface area contributed by atoms with Crippen molar-refractivity contribution in [1.82, 2.24) is 4.57 Å². The van der Waals surface area contributed by atoms with Crippen LogP contribution in [0.5, 0.6) is 0 Å². The quantitative estimate of drug-likeness (QED) is 0.170. The number of benzene rings is 10. The summed E-state index contributed by atoms with van der Waals surface area (Å²) in [6, 6.07) is 76.3. The van der Waals surface area contributed by atoms with Crippen LogP contribution in [0.2, 0.25) is 0 Å². The van der Waals surface area contributed by atoms with Gasteiger partial charge in [0.1, 0.15) is 0 Å². The molecule has 278 valence electrons. The van der Waals surface area contributed by atoms with Gasteiger partial charge in [0, 0.05) is 33.1 Å². The minimum atomic E-state index is -0.258. The van der Waals surface area contributed by atoms with E-state index in [4.69, 9.17) is 0 Å². The number of fused-ring (bicyclic) bond motifs is 9. The Kier molecular flexibility index (Phi) is 7.31. The molecular formula is C57H40N2. The van der Waals surface area contributed by atoms with Gasteiger partial charge in [-0.05, 0) is 127 Å². The van der Waals surface area contributed by atoms with Crippen molar-refractivity contribution in [2.24, 2.45) is 0 Å². The molecule has 0 bridgehead atoms. The molecule has 0 aliphatic heterocycles. The van der Waals surface area contributed by atoms with E-state index in [1.165, 1.54) is 93.2 Å². The van der Waals surface area contributed by atoms with Crippen LogP contribution >= 0.6 is 0 Å². The zero-order valence-electron chi connectivity index (χ0n) is 33.0. The van der Waals surface area contributed by atoms with Crippen molar-refractivity contribution < 1.29 is 0 Å². The minimum absolute atomic E-state index is 0.258. The average molecular weight is 753 g/mol. The molecule has 1 aliphatic rings. The maximum Gasteiger partial charge on any atom is 0.0546 e. The molecule has 0 spiro atoms. The normalized spacial score (nSPS) is 13.1. The lowest BCUT2D eigenvalue weighted by molar-refractivity contribution is 0.661. The van der Waals surface area contributed by atoms with Gasteiger partial charge in [0.25, 0.3) is 0 Å². The smallest absolute Gasteiger partial charge is 0.0546 e. The van der Waals surface area contributed by atoms with Crippen molar-refractivity contribution in [3.8, 4) is 27.9 Å². The van der Waals surface area contributed by atoms with Crippen LogP contribution in [0.15, 0.2) is 206 Å². The summed E-state index contributed by atoms with van der Waals surface area (Å²) in [4.78, 5) is 2.54. The molecule has 1 aliphatic carbocycles. The largest absolute Gasteiger partial charge is 0.310 e. The Hall–Kier alpha value is -7.42. The van der Waals surface area contributed by atoms with E-state index in [0.29, 0.717) is 0 Å². The Bertz CT molecular complexity index is 3420. The van der Waals surface area contributed by atoms with Crippen LogP contribution in [0, 0.1) is 0 Å². The fourth-order valence-electron chi connectivity index (χ4n) is 10.2. The molecule has 0 fully saturated rings. The number of anilines is 3. The standard InChI is InChI=1S/C57H40N2/c1-57(2)50-36-41-18-6-5-17-40(41)35-49(50)48-22-13-25-54(56(48)57)59(44-31-29-43(30-32-44)58-51-23-11-9-20-46(51)47-21-10-12-24-52(47)58)53-33-28-38-15-7-8-19-45(38)55(53)42-27-26-37-14-3-4-16-39(37)34-42/h3-36H,1-2H3. The zero-order chi connectivity index (χ0) is 39.2. The van der Waals surface area contributed by atoms with Gasteiger partial charge in [-0.15, -0.1) is 0 Å². The lowest BCUT2D eigenvalue weighted by atomic mass is 9.80. The van der Waals surface area contributed by atoms with Crippen LogP contribution < -0.4 is 4.90 Å². The molecule has 0 saturated heterocycles. The first kappa shape index (κ1) is 33.7. The third kappa shape index (κ3) is 5.06. The van der Waals surface area contributed by atoms with E-state index in [2.05, 4.69) is 230 Å². The van der Waals surface area contributed by atoms with Crippen molar-refractivity contribution >= 4 is 71.2 Å². The highest BCUT2D eigenvalue weighted by Gasteiger charge is 2.39. The summed E-state index contributed by atoms with van der Waals surface area (Å²) in [6.45, 7) is 4.81. The zero-order valence-corrected chi connectivity index (χ0v) is 33.0. The van der Waals surface area contributed by atoms with Crippen molar-refractivity contribution in [1.29, 1.82) is 0 Å². The summed E-state index contributed by atoms with van der Waals surface area (Å²) in [7, 11) is 0. The number of aromatic nitrogens is 1. The van der Waals surface area contributed by atoms with Crippen LogP contribution in [0.25, 0.3) is 82.1 Å². The Labute approximate surface area is 343 Å². The van der Waals surface area contributed by atoms with Crippen LogP contribution in [-0.2, 0) is 5.41 Å². The van der Waals surface area contributed by atoms with E-state index < -0.39 is 0 Å². The van der Waals surface area contributed by atoms with E-state index in [1.54, 1.807) is 0 Å². The van der Waals surface area contributed by atoms with Crippen molar-refractivity contribution in [2.75, 3.05) is 4.90 Å². The molecule has 11 aromatic rings. The number of para-hydroxylation sites is 2. The molecule has 0 unspecified atom stereocenters. The van der Waals surface area contributed by atoms with Crippen molar-refractivity contribution in [2.45, 2.75) is 19.3 Å². The van der Waals surface area contributed by atoms with Gasteiger partial charge in [0.2, 0.25) is 0 Å². The number of rotatable bonds is 5. The van der Waals surface area contributed by atoms with Crippen LogP contribution in [0.4, 0.5) is 17.1 Å². The fraction of sp³-hybridized carbons (Fsp3) is 0.0526. The molecule has 0 saturated carbocycles. The maximum absolute atomic E-state index is 2.54. The third-order valence-electron chi connectivity index (χ3n) is 12.9. The van der Waals surface area contributed by atoms with Gasteiger partial charge in [-0.3, -0.25) is 0 Å². The number of hydrogen-bond donors (Lipinski definition) is 0. The topological polar surface area (TPSA) is 8.17 Å². The first-order valence-electron chi connectivity index (χ1n) is 20.6. The van der Waals surface area contributed by atoms with Gasteiger partial charge in [-0.2, -0.15) is 0 Å². The molecule has 10 aromatic carbocycles. The molecule has 1 aromatic heterocycles. The van der Waals surface area contributed by atoms with Crippen LogP contribution in [-0.4, -0.2) is 4.57 Å². The van der Waals surface area contributed by atoms with E-state index in [1.807, 2.05) is 0 Å². The van der Waals surface area contributed by atoms with E-state index in [0.717, 1.165) is 17.1 Å². The highest BCUT2D eigenvalue weighted by atomic mass is 15.2. The third-order valence-corrected chi connectivity index (χ3v) is 12.9. The maximum atomic E-state index is 2.54. The lowest BCUT2D eigenvalue weighted by Crippen LogP contribution is -2.21. The van der Waals surface area contributed by atoms with Gasteiger partial charge in [0.15, 0.2) is 0 Å². The predicted octanol–water partition coefficient (Wildman–Crippen LogP) is 15.7. The molecule has 2 heteroatoms. The van der Waals surface area contributed by atoms with Crippen LogP contribution in [0.1, 0.15) is 25.0 Å². The summed E-state index contributed by atoms with van der Waals surface area (Å²) < 4.78 is 2.40. The highest BCUT2D eigenvalue weighted by Crippen LogP contribution is 2.56. The minimum Gasteiger partial charge on any atom is -0.310 e. The fourth-order valence-corrected chi connectivity index (χ4v) is 10.2. The Morgan fingerprint density at radius 3 is 1.69 bits per heavy atom. The number of hydrogen-bond acceptors (Lipinski definition) is 1. The molecule has 12 rings (SSSR count). The second-order valence-corrected chi connectivity index (χ2v) is 16.5. The summed E-state index contributed by atoms with van der Waals surface area (Å²) in [5.41, 5.74) is 14.5. The molecule has 0 N–H and O–H groups in total. The summed E-state index contributed by atoms with van der Waals surface area (Å²) in [5, 5.41) is 10.00. The van der Waals surface area contributed by atoms with E-state index in [-0.39, 0.29) is 5.41 Å². The summed E-state index contributed by atoms with van der Waals surface area (Å²) in [5.74, 6) is 0. The van der Waals surface area contributed by atoms with E-state index in [9.17, 15) is 0 Å². The summed E-state index contributed by atoms with van der Waals surface area (Å²) >= 11 is 0. The molecule has 1 heterocycles. The van der Waals surface area contributed by atoms with Crippen molar-refractivity contribution in [3.05, 3.63) is 217 Å². The molecule has 0 atom stereocenters. The van der Waals surface area contributed by atoms with Gasteiger partial charge in [0.05, 0.1) is 22.4 Å². The molecule has 2 nitrogen and oxygen atoms in total. The Morgan fingerprint density at radius 1 is 0.407 bits per heavy atom. The Balaban J connectivity index is 1.13. The summed E-state index contributed by atoms with van der Waals surface area (Å²) in [6.07, 6.45) is 0. The molecule has 0 radical (unpaired) electrons. The van der Waals surface area contributed by atoms with Crippen LogP contribution in [0.3, 0.4) is 0 Å². The average Bonchev–Trinajstić information content (AvgIpc) is 3.74. The van der Waals surface area contributed by atoms with E-state index >= 15 is 0 Å². The van der Waals surface area contributed by atoms with Gasteiger partial charge in [-0.25, -0.2) is 0 Å². The monoisotopic (exact) mass is 752 g/mol. The van der Waals surface area contributed by atoms with Gasteiger partial charge in [-0.1, -0.05) is 153 Å². The first-order chi connectivity index (χ1) is 29.0. The predicted molar refractivity (Wildman–Crippen MR) is 251 cm³/mol. The second-order valence-electron chi connectivity index (χ2n) is 16.5. The SMILES string of the molecule is CC1(C)c2cc3ccccc3cc2-c2cccc(N(c3ccc(-n4c5ccccc5c5ccccc54)cc3)c3ccc4ccccc4c3-c3ccc4ccccc4c3)c21. The molecule has 0 amide bonds. The molecule has 59 heavy (non-hydrogen) atoms. The van der Waals surface area contributed by atoms with Crippen molar-refractivity contribution in [3.63, 3.8) is 0 Å². The Morgan fingerprint density at radius 2 is 0.983 bits per heavy atom. The second kappa shape index (κ2) is 12.8.